The van der Waals surface area contributed by atoms with Crippen LogP contribution in [0.1, 0.15) is 19.8 Å². The molecule has 1 atom stereocenters. The van der Waals surface area contributed by atoms with E-state index in [-0.39, 0.29) is 4.84 Å². The average molecular weight is 171 g/mol. The zero-order chi connectivity index (χ0) is 6.57. The van der Waals surface area contributed by atoms with Crippen molar-refractivity contribution < 1.29 is 0 Å². The molecule has 0 aromatic heterocycles. The third-order valence-electron chi connectivity index (χ3n) is 1.28. The van der Waals surface area contributed by atoms with Gasteiger partial charge in [-0.25, -0.2) is 0 Å². The Balaban J connectivity index is 3.10. The molecule has 0 radical (unpaired) electrons. The molecular weight excluding hydrogens is 159 g/mol. The van der Waals surface area contributed by atoms with Crippen LogP contribution < -0.4 is 0 Å². The van der Waals surface area contributed by atoms with Crippen LogP contribution in [0, 0.1) is 0 Å². The van der Waals surface area contributed by atoms with Crippen molar-refractivity contribution in [3.05, 3.63) is 0 Å². The molecule has 0 aliphatic heterocycles. The minimum absolute atomic E-state index is 0.141. The molecule has 0 aliphatic rings. The highest BCUT2D eigenvalue weighted by Gasteiger charge is 2.03. The summed E-state index contributed by atoms with van der Waals surface area (Å²) in [6.07, 6.45) is 2.20. The molecule has 0 aromatic carbocycles. The van der Waals surface area contributed by atoms with Gasteiger partial charge in [-0.1, -0.05) is 18.9 Å². The van der Waals surface area contributed by atoms with Gasteiger partial charge in [-0.05, 0) is 6.42 Å². The van der Waals surface area contributed by atoms with E-state index in [1.807, 2.05) is 0 Å². The second-order valence-corrected chi connectivity index (χ2v) is 5.05. The van der Waals surface area contributed by atoms with Crippen molar-refractivity contribution in [2.24, 2.45) is 0 Å². The van der Waals surface area contributed by atoms with Gasteiger partial charge >= 0.3 is 0 Å². The van der Waals surface area contributed by atoms with E-state index in [1.54, 1.807) is 0 Å². The van der Waals surface area contributed by atoms with Crippen molar-refractivity contribution in [1.82, 2.24) is 0 Å². The summed E-state index contributed by atoms with van der Waals surface area (Å²) in [4.78, 5) is -0.141. The number of halogens is 2. The van der Waals surface area contributed by atoms with Crippen molar-refractivity contribution in [3.63, 3.8) is 0 Å². The lowest BCUT2D eigenvalue weighted by Gasteiger charge is -2.06. The number of rotatable bonds is 3. The molecule has 0 N–H and O–H groups in total. The highest BCUT2D eigenvalue weighted by molar-refractivity contribution is 6.44. The second kappa shape index (κ2) is 4.65. The Morgan fingerprint density at radius 2 is 2.00 bits per heavy atom. The van der Waals surface area contributed by atoms with Crippen LogP contribution >= 0.6 is 23.2 Å². The van der Waals surface area contributed by atoms with Crippen LogP contribution in [0.25, 0.3) is 0 Å². The molecule has 0 saturated carbocycles. The van der Waals surface area contributed by atoms with E-state index < -0.39 is 0 Å². The van der Waals surface area contributed by atoms with E-state index in [0.717, 1.165) is 12.0 Å². The Morgan fingerprint density at radius 1 is 1.50 bits per heavy atom. The fourth-order valence-corrected chi connectivity index (χ4v) is 2.15. The lowest BCUT2D eigenvalue weighted by atomic mass is 10.3. The van der Waals surface area contributed by atoms with Crippen molar-refractivity contribution in [2.45, 2.75) is 30.1 Å². The lowest BCUT2D eigenvalue weighted by molar-refractivity contribution is 0.753. The maximum Gasteiger partial charge on any atom is 0.107 e. The first-order chi connectivity index (χ1) is 3.66. The van der Waals surface area contributed by atoms with E-state index in [2.05, 4.69) is 6.92 Å². The Hall–Kier alpha value is 0.797. The Labute approximate surface area is 64.0 Å². The molecule has 0 amide bonds. The van der Waals surface area contributed by atoms with Gasteiger partial charge in [0.05, 0.1) is 0 Å². The molecule has 0 aromatic rings. The fourth-order valence-electron chi connectivity index (χ4n) is 0.471. The van der Waals surface area contributed by atoms with Gasteiger partial charge in [0.25, 0.3) is 0 Å². The van der Waals surface area contributed by atoms with Crippen LogP contribution in [0.5, 0.6) is 0 Å². The topological polar surface area (TPSA) is 0 Å². The minimum Gasteiger partial charge on any atom is -0.105 e. The van der Waals surface area contributed by atoms with Crippen molar-refractivity contribution in [2.75, 3.05) is 0 Å². The van der Waals surface area contributed by atoms with Gasteiger partial charge in [-0.15, -0.1) is 23.2 Å². The molecule has 3 heteroatoms. The van der Waals surface area contributed by atoms with Crippen LogP contribution in [-0.4, -0.2) is 15.1 Å². The van der Waals surface area contributed by atoms with Crippen LogP contribution in [-0.2, 0) is 0 Å². The average Bonchev–Trinajstić information content (AvgIpc) is 1.65. The first-order valence-electron chi connectivity index (χ1n) is 2.95. The number of hydrogen-bond acceptors (Lipinski definition) is 0. The Morgan fingerprint density at radius 3 is 2.12 bits per heavy atom. The zero-order valence-corrected chi connectivity index (χ0v) is 8.84. The summed E-state index contributed by atoms with van der Waals surface area (Å²) >= 11 is 11.1. The Bertz CT molecular complexity index is 56.4. The monoisotopic (exact) mass is 170 g/mol. The van der Waals surface area contributed by atoms with Gasteiger partial charge in [-0.3, -0.25) is 0 Å². The molecular formula is C5H12Cl2Si. The molecule has 0 rings (SSSR count). The van der Waals surface area contributed by atoms with Crippen molar-refractivity contribution in [3.8, 4) is 0 Å². The van der Waals surface area contributed by atoms with Gasteiger partial charge in [-0.2, -0.15) is 0 Å². The Kier molecular flexibility index (Phi) is 5.12. The predicted molar refractivity (Wildman–Crippen MR) is 44.1 cm³/mol. The normalized spacial score (nSPS) is 15.0. The molecule has 0 aliphatic carbocycles. The molecule has 0 spiro atoms. The highest BCUT2D eigenvalue weighted by Crippen LogP contribution is 2.18. The van der Waals surface area contributed by atoms with Gasteiger partial charge in [0, 0.05) is 10.2 Å². The van der Waals surface area contributed by atoms with Crippen LogP contribution in [0.4, 0.5) is 0 Å². The van der Waals surface area contributed by atoms with E-state index in [0.29, 0.717) is 0 Å². The first-order valence-corrected chi connectivity index (χ1v) is 4.97. The van der Waals surface area contributed by atoms with E-state index in [4.69, 9.17) is 23.2 Å². The molecule has 0 bridgehead atoms. The molecule has 0 heterocycles. The molecule has 0 saturated heterocycles. The highest BCUT2D eigenvalue weighted by atomic mass is 35.5. The van der Waals surface area contributed by atoms with Crippen molar-refractivity contribution in [1.29, 1.82) is 0 Å². The van der Waals surface area contributed by atoms with Gasteiger partial charge in [0.1, 0.15) is 4.84 Å². The van der Waals surface area contributed by atoms with Crippen LogP contribution in [0.3, 0.4) is 0 Å². The van der Waals surface area contributed by atoms with Gasteiger partial charge < -0.3 is 0 Å². The molecule has 50 valence electrons. The van der Waals surface area contributed by atoms with Crippen LogP contribution in [0.2, 0.25) is 5.54 Å². The van der Waals surface area contributed by atoms with E-state index >= 15 is 0 Å². The summed E-state index contributed by atoms with van der Waals surface area (Å²) < 4.78 is 0. The largest absolute Gasteiger partial charge is 0.107 e. The minimum atomic E-state index is -0.141. The van der Waals surface area contributed by atoms with Crippen LogP contribution in [0.15, 0.2) is 0 Å². The summed E-state index contributed by atoms with van der Waals surface area (Å²) in [7, 11) is 1.22. The summed E-state index contributed by atoms with van der Waals surface area (Å²) in [5.41, 5.74) is 0.801. The summed E-state index contributed by atoms with van der Waals surface area (Å²) in [6.45, 7) is 2.17. The molecule has 0 nitrogen and oxygen atoms in total. The fraction of sp³-hybridized carbons (Fsp3) is 1.00. The first kappa shape index (κ1) is 8.80. The lowest BCUT2D eigenvalue weighted by Crippen LogP contribution is -1.95. The molecule has 8 heavy (non-hydrogen) atoms. The third-order valence-corrected chi connectivity index (χ3v) is 2.92. The summed E-state index contributed by atoms with van der Waals surface area (Å²) in [6, 6.07) is 0. The van der Waals surface area contributed by atoms with E-state index in [9.17, 15) is 0 Å². The smallest absolute Gasteiger partial charge is 0.105 e. The quantitative estimate of drug-likeness (QED) is 0.448. The van der Waals surface area contributed by atoms with Gasteiger partial charge in [0.2, 0.25) is 0 Å². The molecule has 1 unspecified atom stereocenters. The third kappa shape index (κ3) is 4.94. The SMILES string of the molecule is CCC([SiH3])CC(Cl)Cl. The summed E-state index contributed by atoms with van der Waals surface area (Å²) in [5, 5.41) is 0. The maximum atomic E-state index is 5.54. The van der Waals surface area contributed by atoms with Gasteiger partial charge in [0.15, 0.2) is 0 Å². The number of hydrogen-bond donors (Lipinski definition) is 0. The van der Waals surface area contributed by atoms with Crippen molar-refractivity contribution >= 4 is 33.4 Å². The summed E-state index contributed by atoms with van der Waals surface area (Å²) in [5.74, 6) is 0. The maximum absolute atomic E-state index is 5.54. The standard InChI is InChI=1S/C5H12Cl2Si/c1-2-4(8)3-5(6)7/h4-5H,2-3H2,1,8H3. The second-order valence-electron chi connectivity index (χ2n) is 2.14. The molecule has 0 fully saturated rings. The van der Waals surface area contributed by atoms with E-state index in [1.165, 1.54) is 16.7 Å². The number of alkyl halides is 2. The zero-order valence-electron chi connectivity index (χ0n) is 5.32. The predicted octanol–water partition coefficient (Wildman–Crippen LogP) is 1.74.